The van der Waals surface area contributed by atoms with E-state index in [2.05, 4.69) is 0 Å². The molecule has 0 spiro atoms. The van der Waals surface area contributed by atoms with Gasteiger partial charge < -0.3 is 14.2 Å². The maximum Gasteiger partial charge on any atom is 0.422 e. The second kappa shape index (κ2) is 10.3. The van der Waals surface area contributed by atoms with E-state index in [1.807, 2.05) is 0 Å². The Morgan fingerprint density at radius 3 is 2.39 bits per heavy atom. The Balaban J connectivity index is 1.54. The summed E-state index contributed by atoms with van der Waals surface area (Å²) < 4.78 is 71.7. The van der Waals surface area contributed by atoms with Gasteiger partial charge in [0.15, 0.2) is 0 Å². The molecule has 0 radical (unpaired) electrons. The van der Waals surface area contributed by atoms with Gasteiger partial charge >= 0.3 is 6.18 Å². The minimum atomic E-state index is -4.84. The van der Waals surface area contributed by atoms with E-state index in [4.69, 9.17) is 14.2 Å². The van der Waals surface area contributed by atoms with Crippen LogP contribution in [0.15, 0.2) is 12.1 Å². The van der Waals surface area contributed by atoms with Gasteiger partial charge in [0.2, 0.25) is 0 Å². The third-order valence-electron chi connectivity index (χ3n) is 6.29. The minimum absolute atomic E-state index is 0.0118. The van der Waals surface area contributed by atoms with Gasteiger partial charge in [-0.15, -0.1) is 0 Å². The molecule has 1 aromatic rings. The lowest BCUT2D eigenvalue weighted by Crippen LogP contribution is -2.32. The molecule has 0 aromatic heterocycles. The number of ether oxygens (including phenoxy) is 3. The van der Waals surface area contributed by atoms with Gasteiger partial charge in [-0.25, -0.2) is 4.39 Å². The van der Waals surface area contributed by atoms with Gasteiger partial charge in [0, 0.05) is 11.8 Å². The lowest BCUT2D eigenvalue weighted by atomic mass is 9.85. The molecule has 1 aromatic carbocycles. The van der Waals surface area contributed by atoms with Crippen molar-refractivity contribution in [2.24, 2.45) is 5.92 Å². The van der Waals surface area contributed by atoms with Crippen LogP contribution in [-0.4, -0.2) is 37.8 Å². The first-order valence-corrected chi connectivity index (χ1v) is 11.0. The summed E-state index contributed by atoms with van der Waals surface area (Å²) in [4.78, 5) is 11.5. The Bertz CT molecular complexity index is 749. The van der Waals surface area contributed by atoms with Crippen LogP contribution in [0, 0.1) is 11.7 Å². The Morgan fingerprint density at radius 1 is 1.13 bits per heavy atom. The molecule has 1 saturated heterocycles. The van der Waals surface area contributed by atoms with E-state index >= 15 is 0 Å². The van der Waals surface area contributed by atoms with Gasteiger partial charge in [0.1, 0.15) is 22.9 Å². The van der Waals surface area contributed by atoms with Crippen molar-refractivity contribution in [2.45, 2.75) is 76.7 Å². The Hall–Kier alpha value is -1.67. The van der Waals surface area contributed by atoms with Crippen molar-refractivity contribution < 1.29 is 36.6 Å². The number of benzene rings is 1. The molecule has 1 heterocycles. The summed E-state index contributed by atoms with van der Waals surface area (Å²) in [5.74, 6) is -1.84. The van der Waals surface area contributed by atoms with Gasteiger partial charge in [-0.1, -0.05) is 6.07 Å². The quantitative estimate of drug-likeness (QED) is 0.506. The van der Waals surface area contributed by atoms with Crippen LogP contribution in [0.2, 0.25) is 0 Å². The fourth-order valence-corrected chi connectivity index (χ4v) is 4.49. The zero-order valence-corrected chi connectivity index (χ0v) is 18.0. The van der Waals surface area contributed by atoms with Crippen LogP contribution < -0.4 is 4.74 Å². The van der Waals surface area contributed by atoms with Crippen molar-refractivity contribution in [1.29, 1.82) is 0 Å². The van der Waals surface area contributed by atoms with Crippen molar-refractivity contribution in [1.82, 2.24) is 0 Å². The molecule has 3 rings (SSSR count). The highest BCUT2D eigenvalue weighted by molar-refractivity contribution is 5.78. The molecule has 2 unspecified atom stereocenters. The van der Waals surface area contributed by atoms with E-state index in [-0.39, 0.29) is 42.7 Å². The Labute approximate surface area is 180 Å². The van der Waals surface area contributed by atoms with Crippen molar-refractivity contribution in [3.8, 4) is 5.75 Å². The first kappa shape index (κ1) is 24.0. The number of carbonyl (C=O) groups excluding carboxylic acids is 1. The van der Waals surface area contributed by atoms with Crippen LogP contribution in [-0.2, 0) is 20.4 Å². The van der Waals surface area contributed by atoms with E-state index in [9.17, 15) is 22.4 Å². The van der Waals surface area contributed by atoms with Gasteiger partial charge in [0.25, 0.3) is 0 Å². The number of halogens is 4. The number of carbonyl (C=O) groups is 1. The predicted molar refractivity (Wildman–Crippen MR) is 107 cm³/mol. The zero-order valence-electron chi connectivity index (χ0n) is 18.0. The number of ketones is 1. The van der Waals surface area contributed by atoms with E-state index < -0.39 is 29.2 Å². The van der Waals surface area contributed by atoms with E-state index in [1.54, 1.807) is 13.8 Å². The molecule has 2 fully saturated rings. The largest absolute Gasteiger partial charge is 0.493 e. The van der Waals surface area contributed by atoms with Gasteiger partial charge in [-0.3, -0.25) is 4.79 Å². The first-order valence-electron chi connectivity index (χ1n) is 11.0. The molecule has 174 valence electrons. The van der Waals surface area contributed by atoms with Crippen molar-refractivity contribution in [3.05, 3.63) is 29.1 Å². The summed E-state index contributed by atoms with van der Waals surface area (Å²) in [6.45, 7) is 3.75. The summed E-state index contributed by atoms with van der Waals surface area (Å²) in [6.07, 6.45) is -0.413. The summed E-state index contributed by atoms with van der Waals surface area (Å²) in [5, 5.41) is 0. The third kappa shape index (κ3) is 5.98. The van der Waals surface area contributed by atoms with Crippen molar-refractivity contribution in [2.75, 3.05) is 19.8 Å². The van der Waals surface area contributed by atoms with Gasteiger partial charge in [0.05, 0.1) is 32.0 Å². The van der Waals surface area contributed by atoms with Crippen LogP contribution in [0.25, 0.3) is 0 Å². The highest BCUT2D eigenvalue weighted by atomic mass is 19.4. The standard InChI is InChI=1S/C23H30F4O4/c1-3-29-20-11-10-19(22(24)21(20)23(25,26)27)16-6-9-18(30-12-16)13-31-17-7-4-15(5-8-17)14(2)28/h10-11,15-18H,3-9,12-13H2,1-2H3. The topological polar surface area (TPSA) is 44.8 Å². The normalized spacial score (nSPS) is 27.2. The van der Waals surface area contributed by atoms with E-state index in [0.717, 1.165) is 25.7 Å². The van der Waals surface area contributed by atoms with E-state index in [0.29, 0.717) is 19.4 Å². The molecule has 1 aliphatic heterocycles. The molecule has 1 saturated carbocycles. The molecule has 4 nitrogen and oxygen atoms in total. The highest BCUT2D eigenvalue weighted by Gasteiger charge is 2.40. The van der Waals surface area contributed by atoms with Crippen molar-refractivity contribution in [3.63, 3.8) is 0 Å². The lowest BCUT2D eigenvalue weighted by molar-refractivity contribution is -0.141. The van der Waals surface area contributed by atoms with Crippen LogP contribution in [0.4, 0.5) is 17.6 Å². The van der Waals surface area contributed by atoms with Gasteiger partial charge in [-0.2, -0.15) is 13.2 Å². The predicted octanol–water partition coefficient (Wildman–Crippen LogP) is 5.67. The number of Topliss-reactive ketones (excluding diaryl/α,β-unsaturated/α-hetero) is 1. The van der Waals surface area contributed by atoms with Crippen LogP contribution >= 0.6 is 0 Å². The average Bonchev–Trinajstić information content (AvgIpc) is 2.72. The molecule has 0 bridgehead atoms. The molecular weight excluding hydrogens is 416 g/mol. The molecule has 0 N–H and O–H groups in total. The van der Waals surface area contributed by atoms with Crippen LogP contribution in [0.1, 0.15) is 69.4 Å². The molecule has 31 heavy (non-hydrogen) atoms. The van der Waals surface area contributed by atoms with Crippen LogP contribution in [0.3, 0.4) is 0 Å². The number of rotatable bonds is 7. The number of hydrogen-bond acceptors (Lipinski definition) is 4. The smallest absolute Gasteiger partial charge is 0.422 e. The lowest BCUT2D eigenvalue weighted by Gasteiger charge is -2.32. The minimum Gasteiger partial charge on any atom is -0.493 e. The summed E-state index contributed by atoms with van der Waals surface area (Å²) >= 11 is 0. The Kier molecular flexibility index (Phi) is 7.97. The zero-order chi connectivity index (χ0) is 22.6. The van der Waals surface area contributed by atoms with Gasteiger partial charge in [-0.05, 0) is 64.0 Å². The number of hydrogen-bond donors (Lipinski definition) is 0. The molecule has 1 aliphatic carbocycles. The summed E-state index contributed by atoms with van der Waals surface area (Å²) in [5.41, 5.74) is -1.34. The molecule has 2 atom stereocenters. The highest BCUT2D eigenvalue weighted by Crippen LogP contribution is 2.42. The SMILES string of the molecule is CCOc1ccc(C2CCC(COC3CCC(C(C)=O)CC3)OC2)c(F)c1C(F)(F)F. The second-order valence-corrected chi connectivity index (χ2v) is 8.42. The summed E-state index contributed by atoms with van der Waals surface area (Å²) in [7, 11) is 0. The first-order chi connectivity index (χ1) is 14.7. The fourth-order valence-electron chi connectivity index (χ4n) is 4.49. The van der Waals surface area contributed by atoms with E-state index in [1.165, 1.54) is 12.1 Å². The fraction of sp³-hybridized carbons (Fsp3) is 0.696. The maximum absolute atomic E-state index is 14.8. The molecular formula is C23H30F4O4. The summed E-state index contributed by atoms with van der Waals surface area (Å²) in [6, 6.07) is 2.56. The number of alkyl halides is 3. The maximum atomic E-state index is 14.8. The van der Waals surface area contributed by atoms with Crippen LogP contribution in [0.5, 0.6) is 5.75 Å². The molecule has 8 heteroatoms. The molecule has 0 amide bonds. The third-order valence-corrected chi connectivity index (χ3v) is 6.29. The second-order valence-electron chi connectivity index (χ2n) is 8.42. The monoisotopic (exact) mass is 446 g/mol. The average molecular weight is 446 g/mol. The van der Waals surface area contributed by atoms with Crippen molar-refractivity contribution >= 4 is 5.78 Å². The molecule has 2 aliphatic rings. The Morgan fingerprint density at radius 2 is 1.84 bits per heavy atom.